The Morgan fingerprint density at radius 2 is 1.96 bits per heavy atom. The van der Waals surface area contributed by atoms with E-state index in [2.05, 4.69) is 26.9 Å². The number of hydrogen-bond acceptors (Lipinski definition) is 5. The van der Waals surface area contributed by atoms with Gasteiger partial charge in [0.15, 0.2) is 11.5 Å². The lowest BCUT2D eigenvalue weighted by Gasteiger charge is -2.27. The van der Waals surface area contributed by atoms with E-state index in [0.717, 1.165) is 43.0 Å². The molecule has 2 N–H and O–H groups in total. The number of likely N-dealkylation sites (tertiary alicyclic amines) is 1. The van der Waals surface area contributed by atoms with Crippen LogP contribution in [0.3, 0.4) is 0 Å². The highest BCUT2D eigenvalue weighted by Crippen LogP contribution is 2.28. The summed E-state index contributed by atoms with van der Waals surface area (Å²) in [4.78, 5) is 15.6. The first kappa shape index (κ1) is 18.6. The zero-order valence-corrected chi connectivity index (χ0v) is 16.5. The van der Waals surface area contributed by atoms with Crippen molar-refractivity contribution in [3.63, 3.8) is 0 Å². The lowest BCUT2D eigenvalue weighted by Crippen LogP contribution is -2.29. The number of imidazole rings is 1. The molecule has 1 aliphatic heterocycles. The molecule has 0 atom stereocenters. The largest absolute Gasteiger partial charge is 0.398 e. The van der Waals surface area contributed by atoms with Crippen LogP contribution in [0.5, 0.6) is 0 Å². The summed E-state index contributed by atoms with van der Waals surface area (Å²) in [5.74, 6) is -0.00272. The lowest BCUT2D eigenvalue weighted by molar-refractivity contribution is 0.253. The number of hydrogen-bond donors (Lipinski definition) is 1. The van der Waals surface area contributed by atoms with Gasteiger partial charge in [-0.3, -0.25) is 9.97 Å². The first-order chi connectivity index (χ1) is 13.4. The Kier molecular flexibility index (Phi) is 4.85. The van der Waals surface area contributed by atoms with Crippen LogP contribution in [0.1, 0.15) is 47.1 Å². The minimum absolute atomic E-state index is 0.344. The topological polar surface area (TPSA) is 72.3 Å². The highest BCUT2D eigenvalue weighted by Gasteiger charge is 2.21. The van der Waals surface area contributed by atoms with E-state index >= 15 is 0 Å². The van der Waals surface area contributed by atoms with Crippen molar-refractivity contribution in [3.05, 3.63) is 58.8 Å². The van der Waals surface area contributed by atoms with Gasteiger partial charge in [-0.25, -0.2) is 9.37 Å². The number of halogens is 1. The van der Waals surface area contributed by atoms with Gasteiger partial charge in [-0.05, 0) is 59.0 Å². The van der Waals surface area contributed by atoms with Crippen molar-refractivity contribution in [2.75, 3.05) is 20.1 Å². The Balaban J connectivity index is 1.67. The van der Waals surface area contributed by atoms with Gasteiger partial charge < -0.3 is 15.0 Å². The molecule has 0 aliphatic carbocycles. The molecule has 28 heavy (non-hydrogen) atoms. The maximum Gasteiger partial charge on any atom is 0.173 e. The van der Waals surface area contributed by atoms with Crippen LogP contribution in [-0.2, 0) is 0 Å². The molecule has 4 rings (SSSR count). The third-order valence-electron chi connectivity index (χ3n) is 5.39. The molecule has 1 saturated heterocycles. The van der Waals surface area contributed by atoms with Crippen molar-refractivity contribution in [1.29, 1.82) is 0 Å². The van der Waals surface area contributed by atoms with Crippen molar-refractivity contribution in [1.82, 2.24) is 24.3 Å². The highest BCUT2D eigenvalue weighted by molar-refractivity contribution is 5.79. The molecular formula is C21H25FN6. The molecule has 0 amide bonds. The molecule has 3 aromatic heterocycles. The third-order valence-corrected chi connectivity index (χ3v) is 5.39. The predicted molar refractivity (Wildman–Crippen MR) is 108 cm³/mol. The van der Waals surface area contributed by atoms with Crippen LogP contribution in [0.15, 0.2) is 24.7 Å². The maximum atomic E-state index is 14.7. The van der Waals surface area contributed by atoms with Crippen LogP contribution in [0.2, 0.25) is 0 Å². The highest BCUT2D eigenvalue weighted by atomic mass is 19.1. The number of nitrogens with zero attached hydrogens (tertiary/aromatic N) is 5. The molecule has 1 aliphatic rings. The molecule has 6 nitrogen and oxygen atoms in total. The number of fused-ring (bicyclic) bond motifs is 1. The molecule has 0 unspecified atom stereocenters. The molecule has 0 saturated carbocycles. The van der Waals surface area contributed by atoms with E-state index in [0.29, 0.717) is 28.5 Å². The van der Waals surface area contributed by atoms with Gasteiger partial charge in [0.1, 0.15) is 0 Å². The van der Waals surface area contributed by atoms with Crippen molar-refractivity contribution >= 4 is 17.4 Å². The average Bonchev–Trinajstić information content (AvgIpc) is 3.09. The Labute approximate surface area is 163 Å². The average molecular weight is 380 g/mol. The van der Waals surface area contributed by atoms with Gasteiger partial charge in [0.2, 0.25) is 0 Å². The van der Waals surface area contributed by atoms with Crippen LogP contribution in [0.25, 0.3) is 17.4 Å². The number of aromatic nitrogens is 4. The number of pyridine rings is 1. The molecule has 4 heterocycles. The van der Waals surface area contributed by atoms with E-state index in [-0.39, 0.29) is 5.82 Å². The van der Waals surface area contributed by atoms with Gasteiger partial charge in [0, 0.05) is 35.8 Å². The van der Waals surface area contributed by atoms with Gasteiger partial charge in [-0.1, -0.05) is 0 Å². The molecule has 0 bridgehead atoms. The molecule has 0 radical (unpaired) electrons. The molecule has 3 aromatic rings. The summed E-state index contributed by atoms with van der Waals surface area (Å²) in [6, 6.07) is 1.43. The van der Waals surface area contributed by atoms with Crippen LogP contribution in [-0.4, -0.2) is 44.4 Å². The number of rotatable bonds is 3. The van der Waals surface area contributed by atoms with Crippen LogP contribution >= 0.6 is 0 Å². The monoisotopic (exact) mass is 380 g/mol. The number of aryl methyl sites for hydroxylation is 2. The van der Waals surface area contributed by atoms with Gasteiger partial charge in [0.25, 0.3) is 0 Å². The Morgan fingerprint density at radius 1 is 1.21 bits per heavy atom. The fraction of sp³-hybridized carbons (Fsp3) is 0.381. The molecular weight excluding hydrogens is 355 g/mol. The summed E-state index contributed by atoms with van der Waals surface area (Å²) in [7, 11) is 2.13. The second-order valence-corrected chi connectivity index (χ2v) is 7.63. The SMILES string of the molecule is Cc1cnc(/C=C(\N)c2cc(F)c3nc(C4CCN(C)CC4)cn3c2)c(C)n1. The van der Waals surface area contributed by atoms with Crippen LogP contribution < -0.4 is 5.73 Å². The van der Waals surface area contributed by atoms with E-state index in [1.807, 2.05) is 26.2 Å². The van der Waals surface area contributed by atoms with Gasteiger partial charge in [-0.15, -0.1) is 0 Å². The first-order valence-electron chi connectivity index (χ1n) is 9.55. The Bertz CT molecular complexity index is 1050. The van der Waals surface area contributed by atoms with Crippen LogP contribution in [0, 0.1) is 19.7 Å². The summed E-state index contributed by atoms with van der Waals surface area (Å²) < 4.78 is 16.5. The van der Waals surface area contributed by atoms with E-state index < -0.39 is 0 Å². The lowest BCUT2D eigenvalue weighted by atomic mass is 9.94. The second-order valence-electron chi connectivity index (χ2n) is 7.63. The first-order valence-corrected chi connectivity index (χ1v) is 9.55. The van der Waals surface area contributed by atoms with Crippen LogP contribution in [0.4, 0.5) is 4.39 Å². The van der Waals surface area contributed by atoms with Gasteiger partial charge in [-0.2, -0.15) is 0 Å². The fourth-order valence-electron chi connectivity index (χ4n) is 3.71. The quantitative estimate of drug-likeness (QED) is 0.756. The zero-order chi connectivity index (χ0) is 19.8. The molecule has 0 aromatic carbocycles. The summed E-state index contributed by atoms with van der Waals surface area (Å²) in [5.41, 5.74) is 10.9. The Morgan fingerprint density at radius 3 is 2.68 bits per heavy atom. The zero-order valence-electron chi connectivity index (χ0n) is 16.5. The molecule has 7 heteroatoms. The fourth-order valence-corrected chi connectivity index (χ4v) is 3.71. The standard InChI is InChI=1S/C21H25FN6/c1-13-10-24-19(14(2)25-13)9-18(23)16-8-17(22)21-26-20(12-28(21)11-16)15-4-6-27(3)7-5-15/h8-12,15H,4-7,23H2,1-3H3/b18-9-. The predicted octanol–water partition coefficient (Wildman–Crippen LogP) is 3.15. The molecule has 146 valence electrons. The van der Waals surface area contributed by atoms with Gasteiger partial charge >= 0.3 is 0 Å². The van der Waals surface area contributed by atoms with E-state index in [1.165, 1.54) is 6.07 Å². The summed E-state index contributed by atoms with van der Waals surface area (Å²) >= 11 is 0. The number of nitrogens with two attached hydrogens (primary N) is 1. The van der Waals surface area contributed by atoms with Crippen molar-refractivity contribution < 1.29 is 4.39 Å². The Hall–Kier alpha value is -2.80. The van der Waals surface area contributed by atoms with E-state index in [9.17, 15) is 4.39 Å². The summed E-state index contributed by atoms with van der Waals surface area (Å²) in [5, 5.41) is 0. The van der Waals surface area contributed by atoms with E-state index in [4.69, 9.17) is 5.73 Å². The smallest absolute Gasteiger partial charge is 0.173 e. The van der Waals surface area contributed by atoms with Gasteiger partial charge in [0.05, 0.1) is 22.8 Å². The minimum atomic E-state index is -0.375. The normalized spacial score (nSPS) is 16.8. The summed E-state index contributed by atoms with van der Waals surface area (Å²) in [6.07, 6.45) is 9.27. The third kappa shape index (κ3) is 3.62. The van der Waals surface area contributed by atoms with Crippen molar-refractivity contribution in [2.45, 2.75) is 32.6 Å². The van der Waals surface area contributed by atoms with Crippen molar-refractivity contribution in [3.8, 4) is 0 Å². The number of piperidine rings is 1. The molecule has 1 fully saturated rings. The van der Waals surface area contributed by atoms with Crippen molar-refractivity contribution in [2.24, 2.45) is 5.73 Å². The maximum absolute atomic E-state index is 14.7. The summed E-state index contributed by atoms with van der Waals surface area (Å²) in [6.45, 7) is 5.85. The molecule has 0 spiro atoms. The van der Waals surface area contributed by atoms with E-state index in [1.54, 1.807) is 16.7 Å². The second kappa shape index (κ2) is 7.31. The minimum Gasteiger partial charge on any atom is -0.398 e.